The fourth-order valence-corrected chi connectivity index (χ4v) is 14.3. The van der Waals surface area contributed by atoms with Gasteiger partial charge in [0.1, 0.15) is 6.10 Å². The van der Waals surface area contributed by atoms with Crippen LogP contribution in [0.3, 0.4) is 0 Å². The highest BCUT2D eigenvalue weighted by Gasteiger charge is 2.71. The molecule has 0 heterocycles. The number of aliphatic hydroxyl groups is 1. The van der Waals surface area contributed by atoms with Crippen LogP contribution in [0.2, 0.25) is 0 Å². The zero-order valence-corrected chi connectivity index (χ0v) is 35.4. The van der Waals surface area contributed by atoms with Gasteiger partial charge in [-0.05, 0) is 111 Å². The van der Waals surface area contributed by atoms with Crippen molar-refractivity contribution in [3.63, 3.8) is 0 Å². The summed E-state index contributed by atoms with van der Waals surface area (Å²) in [6, 6.07) is 0. The molecule has 11 atom stereocenters. The number of carbonyl (C=O) groups is 1. The summed E-state index contributed by atoms with van der Waals surface area (Å²) in [6.07, 6.45) is 32.3. The Morgan fingerprint density at radius 1 is 0.725 bits per heavy atom. The summed E-state index contributed by atoms with van der Waals surface area (Å²) in [4.78, 5) is 13.2. The quantitative estimate of drug-likeness (QED) is 0.0929. The van der Waals surface area contributed by atoms with E-state index in [1.54, 1.807) is 5.57 Å². The summed E-state index contributed by atoms with van der Waals surface area (Å²) < 4.78 is 6.42. The Balaban J connectivity index is 1.08. The van der Waals surface area contributed by atoms with Crippen LogP contribution in [0.1, 0.15) is 216 Å². The molecule has 5 rings (SSSR count). The molecule has 0 unspecified atom stereocenters. The van der Waals surface area contributed by atoms with E-state index in [1.165, 1.54) is 116 Å². The number of fused-ring (bicyclic) bond motifs is 7. The summed E-state index contributed by atoms with van der Waals surface area (Å²) >= 11 is 0. The molecule has 0 radical (unpaired) electrons. The van der Waals surface area contributed by atoms with Gasteiger partial charge < -0.3 is 9.84 Å². The van der Waals surface area contributed by atoms with Gasteiger partial charge in [-0.15, -0.1) is 0 Å². The molecule has 0 aromatic rings. The van der Waals surface area contributed by atoms with Crippen molar-refractivity contribution in [2.75, 3.05) is 0 Å². The minimum atomic E-state index is -0.229. The van der Waals surface area contributed by atoms with Gasteiger partial charge >= 0.3 is 5.97 Å². The van der Waals surface area contributed by atoms with Crippen molar-refractivity contribution in [1.82, 2.24) is 0 Å². The lowest BCUT2D eigenvalue weighted by molar-refractivity contribution is -0.268. The van der Waals surface area contributed by atoms with E-state index in [9.17, 15) is 9.90 Å². The van der Waals surface area contributed by atoms with Gasteiger partial charge in [0.25, 0.3) is 0 Å². The number of carbonyl (C=O) groups excluding carboxylic acids is 1. The van der Waals surface area contributed by atoms with Crippen LogP contribution in [0.25, 0.3) is 0 Å². The normalized spacial score (nSPS) is 41.5. The first-order valence-corrected chi connectivity index (χ1v) is 22.7. The molecule has 4 fully saturated rings. The van der Waals surface area contributed by atoms with E-state index in [-0.39, 0.29) is 45.3 Å². The molecule has 0 aromatic heterocycles. The SMILES string of the molecule is CCCCCCCCCCCCCCCCCC(=O)O[C@H]1CC[C@]2(C)[C@H]3CC[C@@H]4[C@H]5[C@H](C)C(C)=CC[C@]5(C)[C@@H](O)C[C@@]4(C)[C@]3(C)CC[C@H]2C1(C)C. The van der Waals surface area contributed by atoms with E-state index in [4.69, 9.17) is 4.74 Å². The lowest BCUT2D eigenvalue weighted by Crippen LogP contribution is -2.69. The number of ether oxygens (including phenoxy) is 1. The van der Waals surface area contributed by atoms with Gasteiger partial charge in [0, 0.05) is 17.3 Å². The number of esters is 1. The molecule has 0 aromatic carbocycles. The molecule has 0 bridgehead atoms. The first-order chi connectivity index (χ1) is 24.2. The van der Waals surface area contributed by atoms with E-state index in [2.05, 4.69) is 68.4 Å². The number of hydrogen-bond acceptors (Lipinski definition) is 3. The third-order valence-corrected chi connectivity index (χ3v) is 17.8. The Hall–Kier alpha value is -0.830. The van der Waals surface area contributed by atoms with Gasteiger partial charge in [0.05, 0.1) is 6.10 Å². The van der Waals surface area contributed by atoms with Crippen LogP contribution in [-0.2, 0) is 9.53 Å². The van der Waals surface area contributed by atoms with Crippen molar-refractivity contribution < 1.29 is 14.6 Å². The number of allylic oxidation sites excluding steroid dienone is 2. The zero-order valence-electron chi connectivity index (χ0n) is 35.4. The molecule has 0 aliphatic heterocycles. The average Bonchev–Trinajstić information content (AvgIpc) is 3.07. The summed E-state index contributed by atoms with van der Waals surface area (Å²) in [5, 5.41) is 12.0. The Labute approximate surface area is 316 Å². The van der Waals surface area contributed by atoms with Crippen LogP contribution in [0.4, 0.5) is 0 Å². The predicted octanol–water partition coefficient (Wildman–Crippen LogP) is 13.8. The number of rotatable bonds is 17. The average molecular weight is 709 g/mol. The fourth-order valence-electron chi connectivity index (χ4n) is 14.3. The third kappa shape index (κ3) is 7.97. The topological polar surface area (TPSA) is 46.5 Å². The maximum atomic E-state index is 13.2. The van der Waals surface area contributed by atoms with E-state index in [0.717, 1.165) is 32.1 Å². The van der Waals surface area contributed by atoms with E-state index < -0.39 is 0 Å². The maximum absolute atomic E-state index is 13.2. The number of hydrogen-bond donors (Lipinski definition) is 1. The molecule has 0 spiro atoms. The van der Waals surface area contributed by atoms with Crippen LogP contribution >= 0.6 is 0 Å². The van der Waals surface area contributed by atoms with Crippen molar-refractivity contribution in [1.29, 1.82) is 0 Å². The van der Waals surface area contributed by atoms with Gasteiger partial charge in [-0.1, -0.05) is 157 Å². The Bertz CT molecular complexity index is 1170. The van der Waals surface area contributed by atoms with Gasteiger partial charge in [-0.25, -0.2) is 0 Å². The Morgan fingerprint density at radius 2 is 1.29 bits per heavy atom. The smallest absolute Gasteiger partial charge is 0.306 e. The van der Waals surface area contributed by atoms with E-state index in [0.29, 0.717) is 36.0 Å². The second kappa shape index (κ2) is 16.9. The summed E-state index contributed by atoms with van der Waals surface area (Å²) in [6.45, 7) is 22.3. The minimum absolute atomic E-state index is 0.00372. The van der Waals surface area contributed by atoms with Crippen molar-refractivity contribution in [2.24, 2.45) is 56.7 Å². The molecule has 294 valence electrons. The van der Waals surface area contributed by atoms with Crippen LogP contribution in [-0.4, -0.2) is 23.3 Å². The first kappa shape index (κ1) is 41.3. The van der Waals surface area contributed by atoms with Crippen molar-refractivity contribution >= 4 is 5.97 Å². The number of aliphatic hydroxyl groups excluding tert-OH is 1. The van der Waals surface area contributed by atoms with Gasteiger partial charge in [-0.2, -0.15) is 0 Å². The lowest BCUT2D eigenvalue weighted by Gasteiger charge is -2.74. The molecule has 51 heavy (non-hydrogen) atoms. The lowest BCUT2D eigenvalue weighted by atomic mass is 9.31. The molecule has 1 N–H and O–H groups in total. The fraction of sp³-hybridized carbons (Fsp3) is 0.938. The third-order valence-electron chi connectivity index (χ3n) is 17.8. The number of unbranched alkanes of at least 4 members (excludes halogenated alkanes) is 14. The van der Waals surface area contributed by atoms with Crippen molar-refractivity contribution in [3.05, 3.63) is 11.6 Å². The summed E-state index contributed by atoms with van der Waals surface area (Å²) in [5.74, 6) is 3.07. The Morgan fingerprint density at radius 3 is 1.88 bits per heavy atom. The van der Waals surface area contributed by atoms with Crippen LogP contribution < -0.4 is 0 Å². The Kier molecular flexibility index (Phi) is 13.7. The highest BCUT2D eigenvalue weighted by Crippen LogP contribution is 2.76. The molecule has 0 saturated heterocycles. The summed E-state index contributed by atoms with van der Waals surface area (Å²) in [7, 11) is 0. The van der Waals surface area contributed by atoms with E-state index >= 15 is 0 Å². The molecule has 4 saturated carbocycles. The monoisotopic (exact) mass is 709 g/mol. The molecule has 3 heteroatoms. The highest BCUT2D eigenvalue weighted by atomic mass is 16.5. The standard InChI is InChI=1S/C48H84O3/c1-10-11-12-13-14-15-16-17-18-19-20-21-22-23-24-25-42(50)51-41-30-32-45(6)38(44(41,4)5)29-33-47(8)39(45)27-26-37-43-36(3)35(2)28-31-46(43,7)40(49)34-48(37,47)9/h28,36-41,43,49H,10-27,29-34H2,1-9H3/t36-,37-,38+,39-,40+,41+,43-,45+,46-,47-,48-/m1/s1. The van der Waals surface area contributed by atoms with Gasteiger partial charge in [0.15, 0.2) is 0 Å². The van der Waals surface area contributed by atoms with Crippen LogP contribution in [0, 0.1) is 56.7 Å². The van der Waals surface area contributed by atoms with Gasteiger partial charge in [-0.3, -0.25) is 4.79 Å². The molecule has 5 aliphatic rings. The molecule has 0 amide bonds. The highest BCUT2D eigenvalue weighted by molar-refractivity contribution is 5.69. The molecular weight excluding hydrogens is 625 g/mol. The first-order valence-electron chi connectivity index (χ1n) is 22.7. The maximum Gasteiger partial charge on any atom is 0.306 e. The summed E-state index contributed by atoms with van der Waals surface area (Å²) in [5.41, 5.74) is 2.17. The second-order valence-corrected chi connectivity index (χ2v) is 20.9. The van der Waals surface area contributed by atoms with Crippen LogP contribution in [0.15, 0.2) is 11.6 Å². The molecule has 5 aliphatic carbocycles. The van der Waals surface area contributed by atoms with E-state index in [1.807, 2.05) is 0 Å². The molecular formula is C48H84O3. The van der Waals surface area contributed by atoms with Gasteiger partial charge in [0.2, 0.25) is 0 Å². The molecule has 3 nitrogen and oxygen atoms in total. The van der Waals surface area contributed by atoms with Crippen molar-refractivity contribution in [3.8, 4) is 0 Å². The zero-order chi connectivity index (χ0) is 37.1. The van der Waals surface area contributed by atoms with Crippen LogP contribution in [0.5, 0.6) is 0 Å². The minimum Gasteiger partial charge on any atom is -0.462 e. The van der Waals surface area contributed by atoms with Crippen molar-refractivity contribution in [2.45, 2.75) is 229 Å². The predicted molar refractivity (Wildman–Crippen MR) is 215 cm³/mol. The second-order valence-electron chi connectivity index (χ2n) is 20.9. The largest absolute Gasteiger partial charge is 0.462 e.